The molecule has 146 valence electrons. The highest BCUT2D eigenvalue weighted by molar-refractivity contribution is 6.01. The Balaban J connectivity index is 1.99. The van der Waals surface area contributed by atoms with Gasteiger partial charge in [0.25, 0.3) is 5.91 Å². The highest BCUT2D eigenvalue weighted by Crippen LogP contribution is 2.37. The third kappa shape index (κ3) is 3.35. The molecule has 0 saturated carbocycles. The van der Waals surface area contributed by atoms with Gasteiger partial charge in [-0.2, -0.15) is 0 Å². The third-order valence-corrected chi connectivity index (χ3v) is 5.95. The monoisotopic (exact) mass is 369 g/mol. The molecule has 2 heterocycles. The Labute approximate surface area is 162 Å². The summed E-state index contributed by atoms with van der Waals surface area (Å²) in [6.45, 7) is 13.3. The first-order chi connectivity index (χ1) is 12.5. The molecule has 0 radical (unpaired) electrons. The van der Waals surface area contributed by atoms with Gasteiger partial charge in [0.15, 0.2) is 0 Å². The van der Waals surface area contributed by atoms with Gasteiger partial charge in [0.2, 0.25) is 0 Å². The van der Waals surface area contributed by atoms with Crippen LogP contribution in [0.15, 0.2) is 35.5 Å². The van der Waals surface area contributed by atoms with E-state index >= 15 is 0 Å². The Morgan fingerprint density at radius 3 is 2.19 bits per heavy atom. The second kappa shape index (κ2) is 6.70. The van der Waals surface area contributed by atoms with Crippen LogP contribution in [0.5, 0.6) is 0 Å². The molecule has 1 N–H and O–H groups in total. The van der Waals surface area contributed by atoms with E-state index in [9.17, 15) is 9.59 Å². The topological polar surface area (TPSA) is 52.7 Å². The van der Waals surface area contributed by atoms with Gasteiger partial charge in [-0.15, -0.1) is 0 Å². The maximum Gasteiger partial charge on any atom is 0.322 e. The highest BCUT2D eigenvalue weighted by Gasteiger charge is 2.44. The molecular weight excluding hydrogens is 338 g/mol. The van der Waals surface area contributed by atoms with E-state index in [0.29, 0.717) is 18.0 Å². The molecule has 3 amide bonds. The lowest BCUT2D eigenvalue weighted by Crippen LogP contribution is -2.45. The Hall–Kier alpha value is -2.30. The van der Waals surface area contributed by atoms with Gasteiger partial charge in [-0.05, 0) is 29.4 Å². The molecule has 27 heavy (non-hydrogen) atoms. The number of amides is 3. The maximum absolute atomic E-state index is 13.2. The van der Waals surface area contributed by atoms with Crippen molar-refractivity contribution in [2.45, 2.75) is 59.0 Å². The van der Waals surface area contributed by atoms with E-state index in [1.807, 2.05) is 17.0 Å². The summed E-state index contributed by atoms with van der Waals surface area (Å²) in [6, 6.07) is 7.81. The lowest BCUT2D eigenvalue weighted by atomic mass is 9.85. The van der Waals surface area contributed by atoms with Crippen molar-refractivity contribution in [3.63, 3.8) is 0 Å². The van der Waals surface area contributed by atoms with E-state index in [4.69, 9.17) is 0 Å². The van der Waals surface area contributed by atoms with Crippen LogP contribution in [0, 0.1) is 5.92 Å². The lowest BCUT2D eigenvalue weighted by Gasteiger charge is -2.31. The molecule has 2 aliphatic rings. The predicted octanol–water partition coefficient (Wildman–Crippen LogP) is 3.82. The van der Waals surface area contributed by atoms with Gasteiger partial charge in [-0.25, -0.2) is 4.79 Å². The van der Waals surface area contributed by atoms with E-state index in [-0.39, 0.29) is 23.4 Å². The minimum Gasteiger partial charge on any atom is -0.330 e. The summed E-state index contributed by atoms with van der Waals surface area (Å²) in [5, 5.41) is 3.01. The van der Waals surface area contributed by atoms with E-state index in [1.54, 1.807) is 11.9 Å². The summed E-state index contributed by atoms with van der Waals surface area (Å²) in [6.07, 6.45) is 0. The number of hydrogen-bond donors (Lipinski definition) is 1. The van der Waals surface area contributed by atoms with Crippen molar-refractivity contribution in [3.8, 4) is 0 Å². The molecule has 0 aromatic heterocycles. The van der Waals surface area contributed by atoms with Gasteiger partial charge in [0.1, 0.15) is 0 Å². The summed E-state index contributed by atoms with van der Waals surface area (Å²) < 4.78 is 0. The molecule has 1 aromatic rings. The minimum atomic E-state index is -0.394. The Kier molecular flexibility index (Phi) is 4.83. The zero-order valence-electron chi connectivity index (χ0n) is 17.5. The molecule has 5 heteroatoms. The molecule has 0 aliphatic carbocycles. The predicted molar refractivity (Wildman–Crippen MR) is 107 cm³/mol. The zero-order chi connectivity index (χ0) is 20.1. The second-order valence-corrected chi connectivity index (χ2v) is 9.09. The van der Waals surface area contributed by atoms with Crippen LogP contribution >= 0.6 is 0 Å². The van der Waals surface area contributed by atoms with Gasteiger partial charge in [-0.3, -0.25) is 9.69 Å². The zero-order valence-corrected chi connectivity index (χ0v) is 17.5. The van der Waals surface area contributed by atoms with Gasteiger partial charge >= 0.3 is 6.03 Å². The number of carbonyl (C=O) groups excluding carboxylic acids is 2. The fraction of sp³-hybridized carbons (Fsp3) is 0.545. The fourth-order valence-electron chi connectivity index (χ4n) is 3.70. The molecule has 5 nitrogen and oxygen atoms in total. The number of benzene rings is 1. The molecule has 0 fully saturated rings. The molecule has 0 spiro atoms. The molecule has 1 aromatic carbocycles. The summed E-state index contributed by atoms with van der Waals surface area (Å²) in [7, 11) is 1.74. The highest BCUT2D eigenvalue weighted by atomic mass is 16.2. The molecule has 0 saturated heterocycles. The van der Waals surface area contributed by atoms with Crippen LogP contribution in [0.25, 0.3) is 0 Å². The lowest BCUT2D eigenvalue weighted by molar-refractivity contribution is -0.128. The van der Waals surface area contributed by atoms with E-state index in [1.165, 1.54) is 5.56 Å². The van der Waals surface area contributed by atoms with Crippen molar-refractivity contribution in [2.24, 2.45) is 5.92 Å². The number of rotatable bonds is 3. The van der Waals surface area contributed by atoms with Crippen LogP contribution in [-0.4, -0.2) is 41.4 Å². The molecule has 2 unspecified atom stereocenters. The van der Waals surface area contributed by atoms with Crippen LogP contribution in [-0.2, 0) is 10.2 Å². The van der Waals surface area contributed by atoms with Crippen molar-refractivity contribution in [3.05, 3.63) is 46.7 Å². The average Bonchev–Trinajstić information content (AvgIpc) is 2.94. The Morgan fingerprint density at radius 1 is 1.07 bits per heavy atom. The van der Waals surface area contributed by atoms with E-state index < -0.39 is 6.04 Å². The first-order valence-corrected chi connectivity index (χ1v) is 9.71. The first-order valence-electron chi connectivity index (χ1n) is 9.71. The number of nitrogens with zero attached hydrogens (tertiary/aromatic N) is 2. The normalized spacial score (nSPS) is 21.7. The quantitative estimate of drug-likeness (QED) is 0.880. The van der Waals surface area contributed by atoms with Crippen LogP contribution in [0.3, 0.4) is 0 Å². The summed E-state index contributed by atoms with van der Waals surface area (Å²) in [5.41, 5.74) is 3.76. The summed E-state index contributed by atoms with van der Waals surface area (Å²) in [4.78, 5) is 29.2. The largest absolute Gasteiger partial charge is 0.330 e. The van der Waals surface area contributed by atoms with Gasteiger partial charge in [0, 0.05) is 13.1 Å². The fourth-order valence-corrected chi connectivity index (χ4v) is 3.70. The number of nitrogens with one attached hydrogen (secondary N) is 1. The molecular formula is C22H31N3O2. The second-order valence-electron chi connectivity index (χ2n) is 9.09. The molecule has 2 atom stereocenters. The third-order valence-electron chi connectivity index (χ3n) is 5.95. The standard InChI is InChI=1S/C22H31N3O2/c1-13(2)14(3)25-12-17-18(20(25)26)19(23-21(27)24(17)7)15-8-10-16(11-9-15)22(4,5)6/h8-11,13-14,19H,12H2,1-7H3,(H,23,27). The van der Waals surface area contributed by atoms with Gasteiger partial charge in [0.05, 0.1) is 23.9 Å². The Morgan fingerprint density at radius 2 is 1.67 bits per heavy atom. The first kappa shape index (κ1) is 19.5. The maximum atomic E-state index is 13.2. The number of urea groups is 1. The molecule has 3 rings (SSSR count). The minimum absolute atomic E-state index is 0.0305. The smallest absolute Gasteiger partial charge is 0.322 e. The summed E-state index contributed by atoms with van der Waals surface area (Å²) >= 11 is 0. The van der Waals surface area contributed by atoms with Gasteiger partial charge < -0.3 is 10.2 Å². The van der Waals surface area contributed by atoms with E-state index in [0.717, 1.165) is 11.3 Å². The number of carbonyl (C=O) groups is 2. The number of likely N-dealkylation sites (N-methyl/N-ethyl adjacent to an activating group) is 1. The van der Waals surface area contributed by atoms with Crippen LogP contribution in [0.1, 0.15) is 58.7 Å². The average molecular weight is 370 g/mol. The number of hydrogen-bond acceptors (Lipinski definition) is 2. The van der Waals surface area contributed by atoms with Crippen LogP contribution in [0.2, 0.25) is 0 Å². The molecule has 2 aliphatic heterocycles. The van der Waals surface area contributed by atoms with Crippen molar-refractivity contribution >= 4 is 11.9 Å². The van der Waals surface area contributed by atoms with Crippen molar-refractivity contribution in [1.82, 2.24) is 15.1 Å². The van der Waals surface area contributed by atoms with Gasteiger partial charge in [-0.1, -0.05) is 58.9 Å². The molecule has 0 bridgehead atoms. The van der Waals surface area contributed by atoms with Crippen LogP contribution < -0.4 is 5.32 Å². The summed E-state index contributed by atoms with van der Waals surface area (Å²) in [5.74, 6) is 0.386. The van der Waals surface area contributed by atoms with E-state index in [2.05, 4.69) is 59.0 Å². The van der Waals surface area contributed by atoms with Crippen molar-refractivity contribution < 1.29 is 9.59 Å². The van der Waals surface area contributed by atoms with Crippen molar-refractivity contribution in [1.29, 1.82) is 0 Å². The van der Waals surface area contributed by atoms with Crippen LogP contribution in [0.4, 0.5) is 4.79 Å². The SMILES string of the molecule is CC(C)C(C)N1CC2=C(C1=O)C(c1ccc(C(C)(C)C)cc1)NC(=O)N2C. The Bertz CT molecular complexity index is 787. The van der Waals surface area contributed by atoms with Crippen molar-refractivity contribution in [2.75, 3.05) is 13.6 Å².